The Bertz CT molecular complexity index is 1000. The molecule has 0 unspecified atom stereocenters. The second-order valence-corrected chi connectivity index (χ2v) is 8.27. The Morgan fingerprint density at radius 1 is 1.15 bits per heavy atom. The predicted molar refractivity (Wildman–Crippen MR) is 134 cm³/mol. The fourth-order valence-electron chi connectivity index (χ4n) is 3.59. The van der Waals surface area contributed by atoms with Crippen molar-refractivity contribution < 1.29 is 9.53 Å². The highest BCUT2D eigenvalue weighted by atomic mass is 16.5. The molecule has 0 spiro atoms. The molecule has 10 nitrogen and oxygen atoms in total. The lowest BCUT2D eigenvalue weighted by Gasteiger charge is -2.17. The number of carbonyl (C=O) groups excluding carboxylic acids is 1. The van der Waals surface area contributed by atoms with E-state index in [1.165, 1.54) is 12.8 Å². The number of nitrogens with one attached hydrogen (secondary N) is 1. The van der Waals surface area contributed by atoms with E-state index in [0.717, 1.165) is 25.9 Å². The lowest BCUT2D eigenvalue weighted by Crippen LogP contribution is -2.35. The number of nitrogens with two attached hydrogens (primary N) is 3. The molecule has 7 N–H and O–H groups in total. The first-order valence-corrected chi connectivity index (χ1v) is 11.6. The Labute approximate surface area is 200 Å². The van der Waals surface area contributed by atoms with E-state index < -0.39 is 6.04 Å². The Kier molecular flexibility index (Phi) is 9.51. The van der Waals surface area contributed by atoms with Gasteiger partial charge in [-0.05, 0) is 69.6 Å². The molecule has 1 saturated heterocycles. The lowest BCUT2D eigenvalue weighted by atomic mass is 10.1. The van der Waals surface area contributed by atoms with Crippen LogP contribution in [0.4, 0.5) is 23.0 Å². The van der Waals surface area contributed by atoms with Crippen molar-refractivity contribution in [2.45, 2.75) is 38.1 Å². The minimum atomic E-state index is -0.634. The molecule has 1 fully saturated rings. The van der Waals surface area contributed by atoms with E-state index in [9.17, 15) is 4.79 Å². The highest BCUT2D eigenvalue weighted by Gasteiger charge is 2.15. The number of hydrogen-bond donors (Lipinski definition) is 4. The van der Waals surface area contributed by atoms with Crippen LogP contribution in [0.15, 0.2) is 59.0 Å². The maximum absolute atomic E-state index is 12.2. The third kappa shape index (κ3) is 7.62. The molecule has 0 radical (unpaired) electrons. The van der Waals surface area contributed by atoms with Crippen LogP contribution in [0, 0.1) is 0 Å². The molecule has 0 aliphatic carbocycles. The molecule has 10 heteroatoms. The third-order valence-electron chi connectivity index (χ3n) is 5.44. The first-order valence-electron chi connectivity index (χ1n) is 11.6. The number of ether oxygens (including phenoxy) is 1. The maximum Gasteiger partial charge on any atom is 0.242 e. The smallest absolute Gasteiger partial charge is 0.242 e. The van der Waals surface area contributed by atoms with E-state index in [4.69, 9.17) is 21.9 Å². The first kappa shape index (κ1) is 25.3. The molecule has 2 heterocycles. The predicted octanol–water partition coefficient (Wildman–Crippen LogP) is 3.46. The molecule has 0 saturated carbocycles. The van der Waals surface area contributed by atoms with E-state index in [0.29, 0.717) is 48.2 Å². The molecule has 1 aromatic carbocycles. The normalized spacial score (nSPS) is 14.9. The number of amides is 1. The van der Waals surface area contributed by atoms with E-state index >= 15 is 0 Å². The topological polar surface area (TPSA) is 157 Å². The summed E-state index contributed by atoms with van der Waals surface area (Å²) in [5, 5.41) is 11.2. The molecule has 1 aliphatic heterocycles. The molecular weight excluding hydrogens is 432 g/mol. The molecular formula is C24H34N8O2. The Hall–Kier alpha value is -3.34. The molecule has 34 heavy (non-hydrogen) atoms. The van der Waals surface area contributed by atoms with Crippen LogP contribution >= 0.6 is 0 Å². The average Bonchev–Trinajstić information content (AvgIpc) is 3.32. The van der Waals surface area contributed by atoms with Crippen LogP contribution in [0.5, 0.6) is 5.75 Å². The summed E-state index contributed by atoms with van der Waals surface area (Å²) >= 11 is 0. The zero-order valence-corrected chi connectivity index (χ0v) is 19.4. The first-order chi connectivity index (χ1) is 16.5. The number of carbonyl (C=O) groups is 1. The van der Waals surface area contributed by atoms with Crippen molar-refractivity contribution in [3.05, 3.63) is 48.7 Å². The summed E-state index contributed by atoms with van der Waals surface area (Å²) < 4.78 is 5.94. The van der Waals surface area contributed by atoms with Crippen LogP contribution in [0.1, 0.15) is 32.1 Å². The fourth-order valence-corrected chi connectivity index (χ4v) is 3.59. The van der Waals surface area contributed by atoms with Gasteiger partial charge in [-0.25, -0.2) is 4.98 Å². The number of azo groups is 1. The number of rotatable bonds is 12. The van der Waals surface area contributed by atoms with Gasteiger partial charge in [-0.1, -0.05) is 25.1 Å². The highest BCUT2D eigenvalue weighted by Crippen LogP contribution is 2.31. The number of para-hydroxylation sites is 1. The molecule has 182 valence electrons. The van der Waals surface area contributed by atoms with Gasteiger partial charge in [0.15, 0.2) is 11.6 Å². The van der Waals surface area contributed by atoms with Crippen molar-refractivity contribution in [1.82, 2.24) is 9.88 Å². The van der Waals surface area contributed by atoms with Crippen molar-refractivity contribution >= 4 is 28.9 Å². The van der Waals surface area contributed by atoms with Gasteiger partial charge in [0, 0.05) is 0 Å². The molecule has 1 aromatic heterocycles. The van der Waals surface area contributed by atoms with E-state index in [1.54, 1.807) is 18.2 Å². The van der Waals surface area contributed by atoms with Crippen molar-refractivity contribution in [2.24, 2.45) is 21.7 Å². The summed E-state index contributed by atoms with van der Waals surface area (Å²) in [5.41, 5.74) is 18.3. The Morgan fingerprint density at radius 3 is 2.62 bits per heavy atom. The maximum atomic E-state index is 12.2. The number of unbranched alkanes of at least 4 members (excludes halogenated alkanes) is 1. The highest BCUT2D eigenvalue weighted by molar-refractivity contribution is 5.94. The second-order valence-electron chi connectivity index (χ2n) is 8.27. The van der Waals surface area contributed by atoms with Crippen molar-refractivity contribution in [2.75, 3.05) is 37.2 Å². The largest absolute Gasteiger partial charge is 0.459 e. The van der Waals surface area contributed by atoms with Crippen LogP contribution in [0.2, 0.25) is 0 Å². The summed E-state index contributed by atoms with van der Waals surface area (Å²) in [4.78, 5) is 18.7. The number of hydrogen-bond acceptors (Lipinski definition) is 9. The zero-order chi connectivity index (χ0) is 24.3. The van der Waals surface area contributed by atoms with Gasteiger partial charge >= 0.3 is 0 Å². The molecule has 0 bridgehead atoms. The van der Waals surface area contributed by atoms with Crippen molar-refractivity contribution in [3.63, 3.8) is 0 Å². The lowest BCUT2D eigenvalue weighted by molar-refractivity contribution is -0.117. The summed E-state index contributed by atoms with van der Waals surface area (Å²) in [5.74, 6) is 1.34. The van der Waals surface area contributed by atoms with Crippen LogP contribution in [0.3, 0.4) is 0 Å². The van der Waals surface area contributed by atoms with Crippen LogP contribution in [-0.2, 0) is 4.79 Å². The Balaban J connectivity index is 1.61. The number of nitrogens with zero attached hydrogens (tertiary/aromatic N) is 4. The van der Waals surface area contributed by atoms with Gasteiger partial charge in [0.2, 0.25) is 5.91 Å². The molecule has 1 atom stereocenters. The number of benzene rings is 1. The number of pyridine rings is 1. The van der Waals surface area contributed by atoms with Crippen LogP contribution in [0.25, 0.3) is 0 Å². The SMILES string of the molecule is C=C(CN1CCCC1)Oc1ccccc1N=Nc1ccc(NC(=O)[C@@H](N)CCCCN)nc1N. The van der Waals surface area contributed by atoms with Gasteiger partial charge in [-0.15, -0.1) is 10.2 Å². The zero-order valence-electron chi connectivity index (χ0n) is 19.4. The van der Waals surface area contributed by atoms with Gasteiger partial charge in [-0.3, -0.25) is 9.69 Å². The number of aromatic nitrogens is 1. The van der Waals surface area contributed by atoms with Crippen molar-refractivity contribution in [1.29, 1.82) is 0 Å². The van der Waals surface area contributed by atoms with Gasteiger partial charge in [0.25, 0.3) is 0 Å². The minimum Gasteiger partial charge on any atom is -0.459 e. The van der Waals surface area contributed by atoms with Gasteiger partial charge in [-0.2, -0.15) is 0 Å². The minimum absolute atomic E-state index is 0.134. The summed E-state index contributed by atoms with van der Waals surface area (Å²) in [6, 6.07) is 9.94. The molecule has 3 rings (SSSR count). The molecule has 1 aliphatic rings. The van der Waals surface area contributed by atoms with Gasteiger partial charge in [0.1, 0.15) is 23.0 Å². The standard InChI is InChI=1S/C24H34N8O2/c1-17(16-32-14-6-7-15-32)34-21-10-3-2-9-19(21)30-31-20-11-12-22(28-23(20)27)29-24(33)18(26)8-4-5-13-25/h2-3,9-12,18H,1,4-8,13-16,25-26H2,(H3,27,28,29,33)/t18-/m0/s1. The van der Waals surface area contributed by atoms with Crippen LogP contribution < -0.4 is 27.3 Å². The van der Waals surface area contributed by atoms with Crippen molar-refractivity contribution in [3.8, 4) is 5.75 Å². The number of nitrogen functional groups attached to an aromatic ring is 1. The quantitative estimate of drug-likeness (QED) is 0.212. The number of anilines is 2. The van der Waals surface area contributed by atoms with Gasteiger partial charge < -0.3 is 27.3 Å². The number of likely N-dealkylation sites (tertiary alicyclic amines) is 1. The van der Waals surface area contributed by atoms with E-state index in [-0.39, 0.29) is 11.7 Å². The van der Waals surface area contributed by atoms with Crippen LogP contribution in [-0.4, -0.2) is 48.0 Å². The fraction of sp³-hybridized carbons (Fsp3) is 0.417. The Morgan fingerprint density at radius 2 is 1.88 bits per heavy atom. The summed E-state index contributed by atoms with van der Waals surface area (Å²) in [6.07, 6.45) is 4.58. The summed E-state index contributed by atoms with van der Waals surface area (Å²) in [7, 11) is 0. The monoisotopic (exact) mass is 466 g/mol. The second kappa shape index (κ2) is 12.8. The molecule has 2 aromatic rings. The average molecular weight is 467 g/mol. The van der Waals surface area contributed by atoms with E-state index in [1.807, 2.05) is 18.2 Å². The van der Waals surface area contributed by atoms with Gasteiger partial charge in [0.05, 0.1) is 12.6 Å². The summed E-state index contributed by atoms with van der Waals surface area (Å²) in [6.45, 7) is 7.43. The molecule has 1 amide bonds. The third-order valence-corrected chi connectivity index (χ3v) is 5.44. The van der Waals surface area contributed by atoms with E-state index in [2.05, 4.69) is 32.0 Å².